The first-order valence-corrected chi connectivity index (χ1v) is 5.48. The Morgan fingerprint density at radius 1 is 1.25 bits per heavy atom. The van der Waals surface area contributed by atoms with E-state index in [1.807, 2.05) is 24.3 Å². The van der Waals surface area contributed by atoms with Gasteiger partial charge in [-0.3, -0.25) is 0 Å². The lowest BCUT2D eigenvalue weighted by Crippen LogP contribution is -2.01. The standard InChI is InChI=1S/C11H10BrN3O/c12-8-2-1-3-10(4-8)16-7-11-14-5-9(13)6-15-11/h1-6H,7,13H2. The van der Waals surface area contributed by atoms with Crippen LogP contribution < -0.4 is 10.5 Å². The van der Waals surface area contributed by atoms with Crippen LogP contribution in [0.1, 0.15) is 5.82 Å². The van der Waals surface area contributed by atoms with Gasteiger partial charge in [0.25, 0.3) is 0 Å². The van der Waals surface area contributed by atoms with Crippen molar-refractivity contribution in [2.75, 3.05) is 5.73 Å². The smallest absolute Gasteiger partial charge is 0.166 e. The van der Waals surface area contributed by atoms with Gasteiger partial charge in [0.1, 0.15) is 12.4 Å². The molecule has 16 heavy (non-hydrogen) atoms. The van der Waals surface area contributed by atoms with Gasteiger partial charge >= 0.3 is 0 Å². The fraction of sp³-hybridized carbons (Fsp3) is 0.0909. The van der Waals surface area contributed by atoms with E-state index in [0.29, 0.717) is 18.1 Å². The predicted molar refractivity (Wildman–Crippen MR) is 64.9 cm³/mol. The number of hydrogen-bond acceptors (Lipinski definition) is 4. The SMILES string of the molecule is Nc1cnc(COc2cccc(Br)c2)nc1. The molecule has 2 N–H and O–H groups in total. The van der Waals surface area contributed by atoms with E-state index in [-0.39, 0.29) is 0 Å². The molecule has 0 radical (unpaired) electrons. The Hall–Kier alpha value is -1.62. The van der Waals surface area contributed by atoms with Gasteiger partial charge in [-0.05, 0) is 18.2 Å². The Kier molecular flexibility index (Phi) is 3.36. The second-order valence-electron chi connectivity index (χ2n) is 3.18. The molecule has 0 saturated heterocycles. The number of aromatic nitrogens is 2. The fourth-order valence-corrected chi connectivity index (χ4v) is 1.52. The van der Waals surface area contributed by atoms with Crippen LogP contribution in [0.2, 0.25) is 0 Å². The number of benzene rings is 1. The molecule has 0 aliphatic carbocycles. The Labute approximate surface area is 102 Å². The lowest BCUT2D eigenvalue weighted by molar-refractivity contribution is 0.295. The summed E-state index contributed by atoms with van der Waals surface area (Å²) in [6.07, 6.45) is 3.12. The quantitative estimate of drug-likeness (QED) is 0.937. The number of nitrogens with zero attached hydrogens (tertiary/aromatic N) is 2. The van der Waals surface area contributed by atoms with Crippen molar-refractivity contribution in [3.8, 4) is 5.75 Å². The second-order valence-corrected chi connectivity index (χ2v) is 4.09. The monoisotopic (exact) mass is 279 g/mol. The fourth-order valence-electron chi connectivity index (χ4n) is 1.14. The van der Waals surface area contributed by atoms with Gasteiger partial charge in [-0.1, -0.05) is 22.0 Å². The molecule has 0 fully saturated rings. The third-order valence-electron chi connectivity index (χ3n) is 1.89. The summed E-state index contributed by atoms with van der Waals surface area (Å²) in [5.74, 6) is 1.38. The second kappa shape index (κ2) is 4.94. The van der Waals surface area contributed by atoms with Gasteiger partial charge in [-0.2, -0.15) is 0 Å². The normalized spacial score (nSPS) is 10.1. The van der Waals surface area contributed by atoms with Crippen LogP contribution in [0.4, 0.5) is 5.69 Å². The van der Waals surface area contributed by atoms with E-state index in [2.05, 4.69) is 25.9 Å². The number of anilines is 1. The van der Waals surface area contributed by atoms with Gasteiger partial charge in [0, 0.05) is 4.47 Å². The first kappa shape index (κ1) is 10.9. The third kappa shape index (κ3) is 2.93. The van der Waals surface area contributed by atoms with Crippen molar-refractivity contribution in [2.45, 2.75) is 6.61 Å². The van der Waals surface area contributed by atoms with Crippen LogP contribution in [0.25, 0.3) is 0 Å². The van der Waals surface area contributed by atoms with E-state index < -0.39 is 0 Å². The lowest BCUT2D eigenvalue weighted by Gasteiger charge is -2.05. The zero-order valence-electron chi connectivity index (χ0n) is 8.43. The van der Waals surface area contributed by atoms with E-state index in [1.54, 1.807) is 12.4 Å². The summed E-state index contributed by atoms with van der Waals surface area (Å²) in [5.41, 5.74) is 6.03. The topological polar surface area (TPSA) is 61.0 Å². The highest BCUT2D eigenvalue weighted by molar-refractivity contribution is 9.10. The van der Waals surface area contributed by atoms with E-state index in [1.165, 1.54) is 0 Å². The van der Waals surface area contributed by atoms with Crippen LogP contribution in [0.15, 0.2) is 41.1 Å². The van der Waals surface area contributed by atoms with Gasteiger partial charge in [-0.25, -0.2) is 9.97 Å². The van der Waals surface area contributed by atoms with Crippen LogP contribution >= 0.6 is 15.9 Å². The highest BCUT2D eigenvalue weighted by atomic mass is 79.9. The maximum absolute atomic E-state index is 5.52. The van der Waals surface area contributed by atoms with Gasteiger partial charge in [0.15, 0.2) is 5.82 Å². The van der Waals surface area contributed by atoms with Gasteiger partial charge in [0.05, 0.1) is 18.1 Å². The van der Waals surface area contributed by atoms with Crippen molar-refractivity contribution in [3.05, 3.63) is 47.0 Å². The van der Waals surface area contributed by atoms with Crippen LogP contribution in [0, 0.1) is 0 Å². The summed E-state index contributed by atoms with van der Waals surface area (Å²) < 4.78 is 6.49. The van der Waals surface area contributed by atoms with Crippen LogP contribution in [-0.4, -0.2) is 9.97 Å². The van der Waals surface area contributed by atoms with Crippen molar-refractivity contribution in [2.24, 2.45) is 0 Å². The minimum absolute atomic E-state index is 0.330. The molecule has 1 heterocycles. The summed E-state index contributed by atoms with van der Waals surface area (Å²) in [5, 5.41) is 0. The van der Waals surface area contributed by atoms with Crippen LogP contribution in [0.3, 0.4) is 0 Å². The molecule has 2 rings (SSSR count). The predicted octanol–water partition coefficient (Wildman–Crippen LogP) is 2.40. The first-order chi connectivity index (χ1) is 7.74. The molecule has 2 aromatic rings. The van der Waals surface area contributed by atoms with Gasteiger partial charge < -0.3 is 10.5 Å². The number of nitrogen functional groups attached to an aromatic ring is 1. The molecule has 82 valence electrons. The maximum atomic E-state index is 5.52. The Balaban J connectivity index is 1.99. The molecule has 5 heteroatoms. The van der Waals surface area contributed by atoms with Crippen LogP contribution in [0.5, 0.6) is 5.75 Å². The molecule has 0 atom stereocenters. The average Bonchev–Trinajstić information content (AvgIpc) is 2.28. The lowest BCUT2D eigenvalue weighted by atomic mass is 10.3. The molecule has 0 aliphatic heterocycles. The maximum Gasteiger partial charge on any atom is 0.166 e. The van der Waals surface area contributed by atoms with E-state index in [9.17, 15) is 0 Å². The Bertz CT molecular complexity index is 473. The van der Waals surface area contributed by atoms with Crippen molar-refractivity contribution < 1.29 is 4.74 Å². The zero-order chi connectivity index (χ0) is 11.4. The first-order valence-electron chi connectivity index (χ1n) is 4.69. The number of halogens is 1. The molecule has 0 amide bonds. The van der Waals surface area contributed by atoms with Crippen molar-refractivity contribution in [3.63, 3.8) is 0 Å². The molecule has 0 aliphatic rings. The number of rotatable bonds is 3. The molecule has 0 unspecified atom stereocenters. The van der Waals surface area contributed by atoms with Crippen molar-refractivity contribution >= 4 is 21.6 Å². The number of ether oxygens (including phenoxy) is 1. The largest absolute Gasteiger partial charge is 0.486 e. The highest BCUT2D eigenvalue weighted by Gasteiger charge is 1.98. The summed E-state index contributed by atoms with van der Waals surface area (Å²) in [6, 6.07) is 7.61. The van der Waals surface area contributed by atoms with Crippen molar-refractivity contribution in [1.82, 2.24) is 9.97 Å². The minimum atomic E-state index is 0.330. The Morgan fingerprint density at radius 3 is 2.69 bits per heavy atom. The van der Waals surface area contributed by atoms with E-state index in [0.717, 1.165) is 10.2 Å². The zero-order valence-corrected chi connectivity index (χ0v) is 10.0. The minimum Gasteiger partial charge on any atom is -0.486 e. The summed E-state index contributed by atoms with van der Waals surface area (Å²) >= 11 is 3.37. The summed E-state index contributed by atoms with van der Waals surface area (Å²) in [6.45, 7) is 0.330. The van der Waals surface area contributed by atoms with E-state index in [4.69, 9.17) is 10.5 Å². The average molecular weight is 280 g/mol. The van der Waals surface area contributed by atoms with Gasteiger partial charge in [-0.15, -0.1) is 0 Å². The van der Waals surface area contributed by atoms with Crippen molar-refractivity contribution in [1.29, 1.82) is 0 Å². The molecular formula is C11H10BrN3O. The molecule has 4 nitrogen and oxygen atoms in total. The molecule has 0 spiro atoms. The number of nitrogens with two attached hydrogens (primary N) is 1. The molecular weight excluding hydrogens is 270 g/mol. The molecule has 1 aromatic heterocycles. The molecule has 1 aromatic carbocycles. The van der Waals surface area contributed by atoms with Crippen LogP contribution in [-0.2, 0) is 6.61 Å². The molecule has 0 saturated carbocycles. The van der Waals surface area contributed by atoms with E-state index >= 15 is 0 Å². The third-order valence-corrected chi connectivity index (χ3v) is 2.38. The number of hydrogen-bond donors (Lipinski definition) is 1. The highest BCUT2D eigenvalue weighted by Crippen LogP contribution is 2.18. The summed E-state index contributed by atoms with van der Waals surface area (Å²) in [7, 11) is 0. The van der Waals surface area contributed by atoms with Gasteiger partial charge in [0.2, 0.25) is 0 Å². The molecule has 0 bridgehead atoms. The summed E-state index contributed by atoms with van der Waals surface area (Å²) in [4.78, 5) is 8.09. The Morgan fingerprint density at radius 2 is 2.00 bits per heavy atom.